The van der Waals surface area contributed by atoms with Crippen molar-refractivity contribution < 1.29 is 0 Å². The van der Waals surface area contributed by atoms with Gasteiger partial charge < -0.3 is 5.32 Å². The van der Waals surface area contributed by atoms with Crippen LogP contribution >= 0.6 is 11.6 Å². The van der Waals surface area contributed by atoms with E-state index in [2.05, 4.69) is 24.4 Å². The summed E-state index contributed by atoms with van der Waals surface area (Å²) in [5.74, 6) is 1.64. The first-order chi connectivity index (χ1) is 7.74. The molecule has 3 rings (SSSR count). The highest BCUT2D eigenvalue weighted by molar-refractivity contribution is 6.30. The Balaban J connectivity index is 1.61. The van der Waals surface area contributed by atoms with Crippen molar-refractivity contribution in [3.63, 3.8) is 0 Å². The molecule has 0 heterocycles. The van der Waals surface area contributed by atoms with E-state index in [9.17, 15) is 0 Å². The Morgan fingerprint density at radius 3 is 2.88 bits per heavy atom. The van der Waals surface area contributed by atoms with E-state index in [0.29, 0.717) is 0 Å². The molecule has 0 amide bonds. The zero-order chi connectivity index (χ0) is 11.1. The van der Waals surface area contributed by atoms with Crippen LogP contribution in [0.3, 0.4) is 0 Å². The van der Waals surface area contributed by atoms with E-state index in [1.54, 1.807) is 0 Å². The van der Waals surface area contributed by atoms with Crippen molar-refractivity contribution in [3.05, 3.63) is 34.3 Å². The summed E-state index contributed by atoms with van der Waals surface area (Å²) in [4.78, 5) is 0. The summed E-state index contributed by atoms with van der Waals surface area (Å²) in [5.41, 5.74) is 2.86. The molecule has 2 fully saturated rings. The molecule has 1 aromatic carbocycles. The molecule has 0 aromatic heterocycles. The lowest BCUT2D eigenvalue weighted by Gasteiger charge is -2.06. The summed E-state index contributed by atoms with van der Waals surface area (Å²) < 4.78 is 0. The van der Waals surface area contributed by atoms with Gasteiger partial charge in [-0.05, 0) is 67.8 Å². The molecule has 0 spiro atoms. The van der Waals surface area contributed by atoms with E-state index in [-0.39, 0.29) is 0 Å². The van der Waals surface area contributed by atoms with Gasteiger partial charge in [0.25, 0.3) is 0 Å². The molecular formula is C14H18ClN. The number of nitrogens with one attached hydrogen (secondary N) is 1. The van der Waals surface area contributed by atoms with Crippen molar-refractivity contribution in [1.82, 2.24) is 5.32 Å². The first-order valence-electron chi connectivity index (χ1n) is 6.23. The van der Waals surface area contributed by atoms with Gasteiger partial charge in [0.1, 0.15) is 0 Å². The molecule has 2 saturated carbocycles. The number of halogens is 1. The smallest absolute Gasteiger partial charge is 0.0408 e. The van der Waals surface area contributed by atoms with E-state index in [1.165, 1.54) is 36.9 Å². The summed E-state index contributed by atoms with van der Waals surface area (Å²) in [6, 6.07) is 7.15. The van der Waals surface area contributed by atoms with Gasteiger partial charge in [-0.1, -0.05) is 17.7 Å². The van der Waals surface area contributed by atoms with Crippen LogP contribution in [0.1, 0.15) is 36.3 Å². The highest BCUT2D eigenvalue weighted by Crippen LogP contribution is 2.48. The molecule has 1 aromatic rings. The van der Waals surface area contributed by atoms with Crippen molar-refractivity contribution in [2.24, 2.45) is 5.92 Å². The topological polar surface area (TPSA) is 12.0 Å². The number of rotatable bonds is 4. The summed E-state index contributed by atoms with van der Waals surface area (Å²) in [7, 11) is 0. The predicted octanol–water partition coefficient (Wildman–Crippen LogP) is 3.50. The Kier molecular flexibility index (Phi) is 2.68. The zero-order valence-corrected chi connectivity index (χ0v) is 10.4. The summed E-state index contributed by atoms with van der Waals surface area (Å²) in [6.45, 7) is 3.38. The molecule has 0 saturated heterocycles. The van der Waals surface area contributed by atoms with Gasteiger partial charge in [0, 0.05) is 11.1 Å². The third kappa shape index (κ3) is 2.26. The van der Waals surface area contributed by atoms with Crippen LogP contribution in [0.4, 0.5) is 0 Å². The molecule has 86 valence electrons. The third-order valence-electron chi connectivity index (χ3n) is 3.80. The molecule has 1 nitrogen and oxygen atoms in total. The number of hydrogen-bond acceptors (Lipinski definition) is 1. The number of aryl methyl sites for hydroxylation is 1. The second kappa shape index (κ2) is 4.05. The fourth-order valence-electron chi connectivity index (χ4n) is 2.51. The Labute approximate surface area is 102 Å². The molecular weight excluding hydrogens is 218 g/mol. The Morgan fingerprint density at radius 2 is 2.19 bits per heavy atom. The molecule has 2 unspecified atom stereocenters. The standard InChI is InChI=1S/C14H18ClN/c1-9-6-11(15)2-5-13(9)14-7-10(14)8-16-12-3-4-12/h2,5-6,10,12,14,16H,3-4,7-8H2,1H3. The molecule has 0 bridgehead atoms. The fourth-order valence-corrected chi connectivity index (χ4v) is 2.74. The van der Waals surface area contributed by atoms with Crippen LogP contribution in [0.15, 0.2) is 18.2 Å². The van der Waals surface area contributed by atoms with Gasteiger partial charge in [-0.15, -0.1) is 0 Å². The van der Waals surface area contributed by atoms with Gasteiger partial charge in [0.2, 0.25) is 0 Å². The Hall–Kier alpha value is -0.530. The minimum Gasteiger partial charge on any atom is -0.314 e. The minimum atomic E-state index is 0.781. The van der Waals surface area contributed by atoms with Gasteiger partial charge in [0.05, 0.1) is 0 Å². The van der Waals surface area contributed by atoms with Crippen LogP contribution in [0.2, 0.25) is 5.02 Å². The third-order valence-corrected chi connectivity index (χ3v) is 4.04. The lowest BCUT2D eigenvalue weighted by atomic mass is 10.0. The van der Waals surface area contributed by atoms with Gasteiger partial charge in [0.15, 0.2) is 0 Å². The summed E-state index contributed by atoms with van der Waals surface area (Å²) >= 11 is 5.98. The van der Waals surface area contributed by atoms with Crippen molar-refractivity contribution in [3.8, 4) is 0 Å². The molecule has 2 atom stereocenters. The molecule has 2 aliphatic carbocycles. The largest absolute Gasteiger partial charge is 0.314 e. The highest BCUT2D eigenvalue weighted by Gasteiger charge is 2.39. The van der Waals surface area contributed by atoms with E-state index in [1.807, 2.05) is 6.07 Å². The highest BCUT2D eigenvalue weighted by atomic mass is 35.5. The number of benzene rings is 1. The van der Waals surface area contributed by atoms with Crippen LogP contribution in [-0.4, -0.2) is 12.6 Å². The predicted molar refractivity (Wildman–Crippen MR) is 68.1 cm³/mol. The van der Waals surface area contributed by atoms with Gasteiger partial charge >= 0.3 is 0 Å². The maximum atomic E-state index is 5.98. The average Bonchev–Trinajstić information content (AvgIpc) is 3.11. The average molecular weight is 236 g/mol. The Bertz CT molecular complexity index is 398. The van der Waals surface area contributed by atoms with Crippen LogP contribution in [-0.2, 0) is 0 Å². The van der Waals surface area contributed by atoms with Crippen molar-refractivity contribution >= 4 is 11.6 Å². The van der Waals surface area contributed by atoms with Crippen LogP contribution in [0.5, 0.6) is 0 Å². The van der Waals surface area contributed by atoms with E-state index < -0.39 is 0 Å². The van der Waals surface area contributed by atoms with Crippen molar-refractivity contribution in [2.75, 3.05) is 6.54 Å². The van der Waals surface area contributed by atoms with Gasteiger partial charge in [-0.2, -0.15) is 0 Å². The van der Waals surface area contributed by atoms with E-state index in [0.717, 1.165) is 22.9 Å². The normalized spacial score (nSPS) is 28.1. The first kappa shape index (κ1) is 10.6. The van der Waals surface area contributed by atoms with E-state index >= 15 is 0 Å². The lowest BCUT2D eigenvalue weighted by molar-refractivity contribution is 0.623. The summed E-state index contributed by atoms with van der Waals surface area (Å²) in [5, 5.41) is 4.48. The van der Waals surface area contributed by atoms with Crippen LogP contribution < -0.4 is 5.32 Å². The minimum absolute atomic E-state index is 0.781. The monoisotopic (exact) mass is 235 g/mol. The van der Waals surface area contributed by atoms with Crippen LogP contribution in [0.25, 0.3) is 0 Å². The van der Waals surface area contributed by atoms with Crippen molar-refractivity contribution in [1.29, 1.82) is 0 Å². The molecule has 16 heavy (non-hydrogen) atoms. The summed E-state index contributed by atoms with van der Waals surface area (Å²) in [6.07, 6.45) is 4.12. The quantitative estimate of drug-likeness (QED) is 0.842. The molecule has 2 heteroatoms. The van der Waals surface area contributed by atoms with E-state index in [4.69, 9.17) is 11.6 Å². The van der Waals surface area contributed by atoms with Gasteiger partial charge in [-0.3, -0.25) is 0 Å². The van der Waals surface area contributed by atoms with Gasteiger partial charge in [-0.25, -0.2) is 0 Å². The maximum Gasteiger partial charge on any atom is 0.0408 e. The second-order valence-electron chi connectivity index (χ2n) is 5.29. The number of hydrogen-bond donors (Lipinski definition) is 1. The maximum absolute atomic E-state index is 5.98. The second-order valence-corrected chi connectivity index (χ2v) is 5.72. The van der Waals surface area contributed by atoms with Crippen molar-refractivity contribution in [2.45, 2.75) is 38.1 Å². The lowest BCUT2D eigenvalue weighted by Crippen LogP contribution is -2.19. The molecule has 2 aliphatic rings. The fraction of sp³-hybridized carbons (Fsp3) is 0.571. The Morgan fingerprint density at radius 1 is 1.38 bits per heavy atom. The molecule has 0 radical (unpaired) electrons. The SMILES string of the molecule is Cc1cc(Cl)ccc1C1CC1CNC1CC1. The van der Waals surface area contributed by atoms with Crippen LogP contribution in [0, 0.1) is 12.8 Å². The molecule has 0 aliphatic heterocycles. The molecule has 1 N–H and O–H groups in total. The zero-order valence-electron chi connectivity index (χ0n) is 9.67. The first-order valence-corrected chi connectivity index (χ1v) is 6.61.